The van der Waals surface area contributed by atoms with E-state index in [9.17, 15) is 17.6 Å². The lowest BCUT2D eigenvalue weighted by Crippen LogP contribution is -2.20. The van der Waals surface area contributed by atoms with Gasteiger partial charge in [-0.15, -0.1) is 0 Å². The number of hydrogen-bond donors (Lipinski definition) is 2. The molecule has 1 rings (SSSR count). The third kappa shape index (κ3) is 2.41. The second-order valence-corrected chi connectivity index (χ2v) is 3.00. The van der Waals surface area contributed by atoms with Gasteiger partial charge in [0, 0.05) is 5.56 Å². The second-order valence-electron chi connectivity index (χ2n) is 3.00. The average Bonchev–Trinajstić information content (AvgIpc) is 2.25. The fraction of sp³-hybridized carbons (Fsp3) is 0.222. The molecule has 0 aromatic heterocycles. The second kappa shape index (κ2) is 4.38. The van der Waals surface area contributed by atoms with Crippen LogP contribution >= 0.6 is 0 Å². The van der Waals surface area contributed by atoms with Gasteiger partial charge in [0.15, 0.2) is 5.84 Å². The van der Waals surface area contributed by atoms with E-state index in [2.05, 4.69) is 5.16 Å². The quantitative estimate of drug-likeness (QED) is 0.272. The lowest BCUT2D eigenvalue weighted by Gasteiger charge is -2.12. The average molecular weight is 236 g/mol. The number of nitrogens with two attached hydrogens (primary N) is 1. The highest BCUT2D eigenvalue weighted by atomic mass is 19.4. The topological polar surface area (TPSA) is 58.6 Å². The Bertz CT molecular complexity index is 414. The predicted molar refractivity (Wildman–Crippen MR) is 48.8 cm³/mol. The van der Waals surface area contributed by atoms with Crippen molar-refractivity contribution in [2.45, 2.75) is 12.9 Å². The van der Waals surface area contributed by atoms with E-state index in [0.717, 1.165) is 12.1 Å². The van der Waals surface area contributed by atoms with E-state index < -0.39 is 29.8 Å². The van der Waals surface area contributed by atoms with Crippen molar-refractivity contribution in [3.63, 3.8) is 0 Å². The van der Waals surface area contributed by atoms with Crippen LogP contribution in [0.3, 0.4) is 0 Å². The molecule has 0 aliphatic rings. The number of amidine groups is 1. The molecule has 0 unspecified atom stereocenters. The lowest BCUT2D eigenvalue weighted by molar-refractivity contribution is -0.137. The minimum atomic E-state index is -4.64. The highest BCUT2D eigenvalue weighted by Gasteiger charge is 2.34. The Morgan fingerprint density at radius 1 is 1.38 bits per heavy atom. The normalized spacial score (nSPS) is 12.9. The summed E-state index contributed by atoms with van der Waals surface area (Å²) >= 11 is 0. The molecule has 0 aliphatic heterocycles. The van der Waals surface area contributed by atoms with Crippen LogP contribution in [0.15, 0.2) is 23.4 Å². The summed E-state index contributed by atoms with van der Waals surface area (Å²) in [5.41, 5.74) is 3.51. The first-order valence-corrected chi connectivity index (χ1v) is 4.14. The van der Waals surface area contributed by atoms with Crippen LogP contribution in [0.5, 0.6) is 0 Å². The summed E-state index contributed by atoms with van der Waals surface area (Å²) in [6, 6.07) is 2.59. The summed E-state index contributed by atoms with van der Waals surface area (Å²) in [5.74, 6) is -0.706. The molecule has 0 heterocycles. The Morgan fingerprint density at radius 3 is 2.44 bits per heavy atom. The van der Waals surface area contributed by atoms with Gasteiger partial charge < -0.3 is 10.9 Å². The molecule has 3 nitrogen and oxygen atoms in total. The third-order valence-electron chi connectivity index (χ3n) is 1.93. The zero-order valence-corrected chi connectivity index (χ0v) is 7.92. The van der Waals surface area contributed by atoms with Crippen molar-refractivity contribution >= 4 is 5.84 Å². The van der Waals surface area contributed by atoms with E-state index >= 15 is 0 Å². The zero-order chi connectivity index (χ0) is 12.3. The molecular weight excluding hydrogens is 228 g/mol. The number of benzene rings is 1. The van der Waals surface area contributed by atoms with Crippen LogP contribution in [0.1, 0.15) is 16.7 Å². The minimum Gasteiger partial charge on any atom is -0.409 e. The Morgan fingerprint density at radius 2 is 2.00 bits per heavy atom. The summed E-state index contributed by atoms with van der Waals surface area (Å²) < 4.78 is 49.8. The summed E-state index contributed by atoms with van der Waals surface area (Å²) in [4.78, 5) is 0. The minimum absolute atomic E-state index is 0.0228. The van der Waals surface area contributed by atoms with Gasteiger partial charge in [0.25, 0.3) is 0 Å². The van der Waals surface area contributed by atoms with Crippen molar-refractivity contribution in [2.24, 2.45) is 10.9 Å². The van der Waals surface area contributed by atoms with Gasteiger partial charge in [-0.25, -0.2) is 4.39 Å². The number of rotatable bonds is 2. The van der Waals surface area contributed by atoms with Gasteiger partial charge in [-0.05, 0) is 17.7 Å². The van der Waals surface area contributed by atoms with Crippen LogP contribution in [0, 0.1) is 0 Å². The Labute approximate surface area is 88.2 Å². The van der Waals surface area contributed by atoms with Crippen LogP contribution in [0.25, 0.3) is 0 Å². The summed E-state index contributed by atoms with van der Waals surface area (Å²) in [7, 11) is 0. The smallest absolute Gasteiger partial charge is 0.409 e. The molecule has 1 aromatic carbocycles. The largest absolute Gasteiger partial charge is 0.417 e. The van der Waals surface area contributed by atoms with E-state index in [0.29, 0.717) is 6.07 Å². The molecule has 88 valence electrons. The number of alkyl halides is 4. The molecule has 0 saturated carbocycles. The molecule has 1 aromatic rings. The molecule has 0 radical (unpaired) electrons. The molecule has 0 fully saturated rings. The Balaban J connectivity index is 3.39. The maximum Gasteiger partial charge on any atom is 0.417 e. The molecule has 7 heteroatoms. The van der Waals surface area contributed by atoms with E-state index in [1.807, 2.05) is 0 Å². The number of nitrogens with zero attached hydrogens (tertiary/aromatic N) is 1. The maximum absolute atomic E-state index is 12.5. The highest BCUT2D eigenvalue weighted by Crippen LogP contribution is 2.32. The van der Waals surface area contributed by atoms with Crippen LogP contribution in [0.4, 0.5) is 17.6 Å². The standard InChI is InChI=1S/C9H8F4N2O/c10-4-5-1-2-7(9(11,12)13)6(3-5)8(14)15-16/h1-3,16H,4H2,(H2,14,15). The van der Waals surface area contributed by atoms with Crippen molar-refractivity contribution < 1.29 is 22.8 Å². The predicted octanol–water partition coefficient (Wildman–Crippen LogP) is 2.27. The van der Waals surface area contributed by atoms with Gasteiger partial charge in [-0.3, -0.25) is 0 Å². The van der Waals surface area contributed by atoms with Crippen LogP contribution in [-0.4, -0.2) is 11.0 Å². The van der Waals surface area contributed by atoms with Crippen molar-refractivity contribution in [2.75, 3.05) is 0 Å². The maximum atomic E-state index is 12.5. The van der Waals surface area contributed by atoms with Crippen LogP contribution < -0.4 is 5.73 Å². The molecule has 0 spiro atoms. The van der Waals surface area contributed by atoms with E-state index in [-0.39, 0.29) is 5.56 Å². The van der Waals surface area contributed by atoms with Crippen LogP contribution in [0.2, 0.25) is 0 Å². The van der Waals surface area contributed by atoms with Crippen molar-refractivity contribution in [3.05, 3.63) is 34.9 Å². The van der Waals surface area contributed by atoms with Gasteiger partial charge in [0.05, 0.1) is 5.56 Å². The summed E-state index contributed by atoms with van der Waals surface area (Å²) in [6.07, 6.45) is -4.64. The fourth-order valence-electron chi connectivity index (χ4n) is 1.19. The van der Waals surface area contributed by atoms with Crippen molar-refractivity contribution in [1.29, 1.82) is 0 Å². The molecule has 0 saturated heterocycles. The van der Waals surface area contributed by atoms with E-state index in [1.54, 1.807) is 0 Å². The Kier molecular flexibility index (Phi) is 3.36. The van der Waals surface area contributed by atoms with Gasteiger partial charge in [-0.2, -0.15) is 13.2 Å². The van der Waals surface area contributed by atoms with Gasteiger partial charge in [0.1, 0.15) is 6.67 Å². The van der Waals surface area contributed by atoms with E-state index in [4.69, 9.17) is 10.9 Å². The molecule has 0 bridgehead atoms. The van der Waals surface area contributed by atoms with E-state index in [1.165, 1.54) is 0 Å². The number of halogens is 4. The summed E-state index contributed by atoms with van der Waals surface area (Å²) in [6.45, 7) is -0.927. The third-order valence-corrected chi connectivity index (χ3v) is 1.93. The van der Waals surface area contributed by atoms with Crippen molar-refractivity contribution in [3.8, 4) is 0 Å². The molecule has 3 N–H and O–H groups in total. The molecular formula is C9H8F4N2O. The van der Waals surface area contributed by atoms with Crippen molar-refractivity contribution in [1.82, 2.24) is 0 Å². The first-order valence-electron chi connectivity index (χ1n) is 4.14. The first-order chi connectivity index (χ1) is 7.40. The molecule has 16 heavy (non-hydrogen) atoms. The first kappa shape index (κ1) is 12.3. The Hall–Kier alpha value is -1.79. The molecule has 0 atom stereocenters. The fourth-order valence-corrected chi connectivity index (χ4v) is 1.19. The molecule has 0 amide bonds. The SMILES string of the molecule is N/C(=N/O)c1cc(CF)ccc1C(F)(F)F. The van der Waals surface area contributed by atoms with Gasteiger partial charge >= 0.3 is 6.18 Å². The number of hydrogen-bond acceptors (Lipinski definition) is 2. The number of oxime groups is 1. The monoisotopic (exact) mass is 236 g/mol. The highest BCUT2D eigenvalue weighted by molar-refractivity contribution is 5.98. The van der Waals surface area contributed by atoms with Gasteiger partial charge in [-0.1, -0.05) is 11.2 Å². The lowest BCUT2D eigenvalue weighted by atomic mass is 10.0. The van der Waals surface area contributed by atoms with Gasteiger partial charge in [0.2, 0.25) is 0 Å². The molecule has 0 aliphatic carbocycles. The summed E-state index contributed by atoms with van der Waals surface area (Å²) in [5, 5.41) is 10.8. The van der Waals surface area contributed by atoms with Crippen LogP contribution in [-0.2, 0) is 12.9 Å². The zero-order valence-electron chi connectivity index (χ0n) is 7.92.